The number of terminal acetylenes is 1. The zero-order valence-electron chi connectivity index (χ0n) is 10.1. The Morgan fingerprint density at radius 3 is 2.56 bits per heavy atom. The smallest absolute Gasteiger partial charge is 0.251 e. The van der Waals surface area contributed by atoms with E-state index >= 15 is 0 Å². The number of nitrogens with one attached hydrogen (secondary N) is 2. The van der Waals surface area contributed by atoms with E-state index in [1.807, 2.05) is 0 Å². The van der Waals surface area contributed by atoms with E-state index in [0.29, 0.717) is 5.56 Å². The summed E-state index contributed by atoms with van der Waals surface area (Å²) in [5, 5.41) is 5.05. The average Bonchev–Trinajstić information content (AvgIpc) is 2.42. The number of hydrogen-bond donors (Lipinski definition) is 2. The molecule has 0 heterocycles. The molecule has 0 aliphatic carbocycles. The molecule has 2 N–H and O–H groups in total. The highest BCUT2D eigenvalue weighted by Gasteiger charge is 2.01. The molecule has 4 nitrogen and oxygen atoms in total. The van der Waals surface area contributed by atoms with E-state index in [4.69, 9.17) is 6.42 Å². The second-order valence-corrected chi connectivity index (χ2v) is 3.46. The summed E-state index contributed by atoms with van der Waals surface area (Å²) in [6, 6.07) is 6.90. The van der Waals surface area contributed by atoms with Crippen LogP contribution in [0.15, 0.2) is 30.3 Å². The Hall–Kier alpha value is -2.54. The zero-order valence-corrected chi connectivity index (χ0v) is 10.1. The summed E-state index contributed by atoms with van der Waals surface area (Å²) in [6.07, 6.45) is 8.06. The predicted molar refractivity (Wildman–Crippen MR) is 70.7 cm³/mol. The van der Waals surface area contributed by atoms with Crippen molar-refractivity contribution >= 4 is 17.9 Å². The third-order valence-electron chi connectivity index (χ3n) is 2.19. The first-order chi connectivity index (χ1) is 8.67. The largest absolute Gasteiger partial charge is 0.355 e. The van der Waals surface area contributed by atoms with Gasteiger partial charge in [0.2, 0.25) is 5.91 Å². The van der Waals surface area contributed by atoms with E-state index < -0.39 is 0 Å². The van der Waals surface area contributed by atoms with Crippen molar-refractivity contribution in [2.75, 3.05) is 13.6 Å². The molecule has 2 amide bonds. The maximum absolute atomic E-state index is 11.3. The molecule has 0 aliphatic rings. The van der Waals surface area contributed by atoms with Gasteiger partial charge in [0.25, 0.3) is 5.91 Å². The first-order valence-corrected chi connectivity index (χ1v) is 5.39. The molecule has 0 bridgehead atoms. The summed E-state index contributed by atoms with van der Waals surface area (Å²) in [5.74, 6) is 1.92. The maximum Gasteiger partial charge on any atom is 0.251 e. The van der Waals surface area contributed by atoms with Crippen LogP contribution in [0.2, 0.25) is 0 Å². The normalized spacial score (nSPS) is 9.78. The molecule has 4 heteroatoms. The maximum atomic E-state index is 11.3. The molecule has 1 aromatic carbocycles. The molecule has 0 aromatic heterocycles. The quantitative estimate of drug-likeness (QED) is 0.606. The highest BCUT2D eigenvalue weighted by molar-refractivity contribution is 5.94. The first kappa shape index (κ1) is 13.5. The van der Waals surface area contributed by atoms with Crippen LogP contribution in [-0.2, 0) is 4.79 Å². The lowest BCUT2D eigenvalue weighted by atomic mass is 10.1. The minimum absolute atomic E-state index is 0.141. The van der Waals surface area contributed by atoms with Gasteiger partial charge in [-0.2, -0.15) is 0 Å². The summed E-state index contributed by atoms with van der Waals surface area (Å²) < 4.78 is 0. The molecule has 0 aliphatic heterocycles. The number of carbonyl (C=O) groups excluding carboxylic acids is 2. The SMILES string of the molecule is C#CCNC(=O)/C=C/c1ccc(C(=O)NC)cc1. The van der Waals surface area contributed by atoms with Crippen LogP contribution in [0.4, 0.5) is 0 Å². The van der Waals surface area contributed by atoms with Crippen molar-refractivity contribution in [2.45, 2.75) is 0 Å². The van der Waals surface area contributed by atoms with E-state index in [1.165, 1.54) is 6.08 Å². The van der Waals surface area contributed by atoms with Crippen molar-refractivity contribution in [1.82, 2.24) is 10.6 Å². The van der Waals surface area contributed by atoms with Crippen molar-refractivity contribution in [2.24, 2.45) is 0 Å². The Bertz CT molecular complexity index is 496. The van der Waals surface area contributed by atoms with Crippen molar-refractivity contribution in [3.63, 3.8) is 0 Å². The monoisotopic (exact) mass is 242 g/mol. The second-order valence-electron chi connectivity index (χ2n) is 3.46. The number of rotatable bonds is 4. The highest BCUT2D eigenvalue weighted by atomic mass is 16.2. The van der Waals surface area contributed by atoms with Gasteiger partial charge in [0.05, 0.1) is 6.54 Å². The van der Waals surface area contributed by atoms with Gasteiger partial charge in [-0.25, -0.2) is 0 Å². The van der Waals surface area contributed by atoms with E-state index in [-0.39, 0.29) is 18.4 Å². The molecule has 0 saturated heterocycles. The summed E-state index contributed by atoms with van der Waals surface area (Å²) in [6.45, 7) is 0.207. The Morgan fingerprint density at radius 2 is 2.00 bits per heavy atom. The fraction of sp³-hybridized carbons (Fsp3) is 0.143. The third-order valence-corrected chi connectivity index (χ3v) is 2.19. The molecular formula is C14H14N2O2. The molecule has 0 saturated carbocycles. The Kier molecular flexibility index (Phi) is 5.20. The van der Waals surface area contributed by atoms with Crippen LogP contribution in [0.5, 0.6) is 0 Å². The Balaban J connectivity index is 2.64. The van der Waals surface area contributed by atoms with Crippen LogP contribution >= 0.6 is 0 Å². The standard InChI is InChI=1S/C14H14N2O2/c1-3-10-16-13(17)9-6-11-4-7-12(8-5-11)14(18)15-2/h1,4-9H,10H2,2H3,(H,15,18)(H,16,17)/b9-6+. The average molecular weight is 242 g/mol. The van der Waals surface area contributed by atoms with Gasteiger partial charge in [-0.3, -0.25) is 9.59 Å². The van der Waals surface area contributed by atoms with Crippen LogP contribution in [-0.4, -0.2) is 25.4 Å². The number of amides is 2. The van der Waals surface area contributed by atoms with Gasteiger partial charge >= 0.3 is 0 Å². The minimum atomic E-state index is -0.247. The third kappa shape index (κ3) is 4.14. The highest BCUT2D eigenvalue weighted by Crippen LogP contribution is 2.06. The van der Waals surface area contributed by atoms with Crippen molar-refractivity contribution in [3.8, 4) is 12.3 Å². The summed E-state index contributed by atoms with van der Waals surface area (Å²) in [7, 11) is 1.58. The Morgan fingerprint density at radius 1 is 1.33 bits per heavy atom. The van der Waals surface area contributed by atoms with Gasteiger partial charge in [0.1, 0.15) is 0 Å². The van der Waals surface area contributed by atoms with E-state index in [9.17, 15) is 9.59 Å². The fourth-order valence-electron chi connectivity index (χ4n) is 1.26. The lowest BCUT2D eigenvalue weighted by Gasteiger charge is -2.00. The molecule has 0 unspecified atom stereocenters. The number of benzene rings is 1. The van der Waals surface area contributed by atoms with Crippen LogP contribution in [0.3, 0.4) is 0 Å². The topological polar surface area (TPSA) is 58.2 Å². The van der Waals surface area contributed by atoms with Crippen LogP contribution < -0.4 is 10.6 Å². The first-order valence-electron chi connectivity index (χ1n) is 5.39. The molecule has 0 atom stereocenters. The molecule has 18 heavy (non-hydrogen) atoms. The molecule has 1 rings (SSSR count). The lowest BCUT2D eigenvalue weighted by Crippen LogP contribution is -2.20. The van der Waals surface area contributed by atoms with Crippen LogP contribution in [0, 0.1) is 12.3 Å². The van der Waals surface area contributed by atoms with Gasteiger partial charge in [0.15, 0.2) is 0 Å². The summed E-state index contributed by atoms with van der Waals surface area (Å²) in [5.41, 5.74) is 1.41. The Labute approximate surface area is 106 Å². The van der Waals surface area contributed by atoms with Crippen molar-refractivity contribution in [1.29, 1.82) is 0 Å². The molecule has 0 fully saturated rings. The molecular weight excluding hydrogens is 228 g/mol. The van der Waals surface area contributed by atoms with Gasteiger partial charge in [-0.05, 0) is 23.8 Å². The molecule has 0 spiro atoms. The number of hydrogen-bond acceptors (Lipinski definition) is 2. The number of carbonyl (C=O) groups is 2. The molecule has 92 valence electrons. The van der Waals surface area contributed by atoms with Crippen molar-refractivity contribution < 1.29 is 9.59 Å². The van der Waals surface area contributed by atoms with E-state index in [2.05, 4.69) is 16.6 Å². The van der Waals surface area contributed by atoms with Crippen molar-refractivity contribution in [3.05, 3.63) is 41.5 Å². The van der Waals surface area contributed by atoms with Crippen LogP contribution in [0.25, 0.3) is 6.08 Å². The second kappa shape index (κ2) is 6.92. The molecule has 0 radical (unpaired) electrons. The van der Waals surface area contributed by atoms with E-state index in [0.717, 1.165) is 5.56 Å². The predicted octanol–water partition coefficient (Wildman–Crippen LogP) is 0.809. The molecule has 1 aromatic rings. The van der Waals surface area contributed by atoms with E-state index in [1.54, 1.807) is 37.4 Å². The van der Waals surface area contributed by atoms with Gasteiger partial charge < -0.3 is 10.6 Å². The zero-order chi connectivity index (χ0) is 13.4. The lowest BCUT2D eigenvalue weighted by molar-refractivity contribution is -0.116. The van der Waals surface area contributed by atoms with Gasteiger partial charge in [-0.15, -0.1) is 6.42 Å². The summed E-state index contributed by atoms with van der Waals surface area (Å²) in [4.78, 5) is 22.5. The van der Waals surface area contributed by atoms with Crippen LogP contribution in [0.1, 0.15) is 15.9 Å². The van der Waals surface area contributed by atoms with Gasteiger partial charge in [-0.1, -0.05) is 18.1 Å². The van der Waals surface area contributed by atoms with Gasteiger partial charge in [0, 0.05) is 18.7 Å². The minimum Gasteiger partial charge on any atom is -0.355 e. The summed E-state index contributed by atoms with van der Waals surface area (Å²) >= 11 is 0. The fourth-order valence-corrected chi connectivity index (χ4v) is 1.26.